The molecule has 0 spiro atoms. The highest BCUT2D eigenvalue weighted by molar-refractivity contribution is 6.34. The van der Waals surface area contributed by atoms with Gasteiger partial charge in [-0.1, -0.05) is 11.6 Å². The third-order valence-corrected chi connectivity index (χ3v) is 2.78. The summed E-state index contributed by atoms with van der Waals surface area (Å²) in [4.78, 5) is 14.7. The zero-order chi connectivity index (χ0) is 10.8. The van der Waals surface area contributed by atoms with Gasteiger partial charge in [-0.15, -0.1) is 0 Å². The van der Waals surface area contributed by atoms with E-state index in [-0.39, 0.29) is 22.6 Å². The molecule has 2 rings (SSSR count). The average Bonchev–Trinajstić information content (AvgIpc) is 2.13. The van der Waals surface area contributed by atoms with Crippen LogP contribution in [0.5, 0.6) is 5.88 Å². The quantitative estimate of drug-likeness (QED) is 0.861. The van der Waals surface area contributed by atoms with Crippen LogP contribution in [-0.2, 0) is 0 Å². The summed E-state index contributed by atoms with van der Waals surface area (Å²) in [5.41, 5.74) is 0.0287. The number of ether oxygens (including phenoxy) is 1. The molecule has 1 N–H and O–H groups in total. The highest BCUT2D eigenvalue weighted by atomic mass is 35.5. The molecule has 0 amide bonds. The van der Waals surface area contributed by atoms with E-state index >= 15 is 0 Å². The summed E-state index contributed by atoms with van der Waals surface area (Å²) in [7, 11) is 0. The van der Waals surface area contributed by atoms with E-state index in [0.717, 1.165) is 19.3 Å². The van der Waals surface area contributed by atoms with Crippen molar-refractivity contribution < 1.29 is 14.6 Å². The fourth-order valence-electron chi connectivity index (χ4n) is 1.32. The third kappa shape index (κ3) is 2.04. The van der Waals surface area contributed by atoms with Crippen molar-refractivity contribution in [1.82, 2.24) is 4.98 Å². The predicted octanol–water partition coefficient (Wildman–Crippen LogP) is 2.36. The van der Waals surface area contributed by atoms with Crippen molar-refractivity contribution >= 4 is 17.6 Å². The first-order valence-corrected chi connectivity index (χ1v) is 5.10. The molecule has 1 heterocycles. The van der Waals surface area contributed by atoms with Gasteiger partial charge in [-0.05, 0) is 25.3 Å². The van der Waals surface area contributed by atoms with Crippen molar-refractivity contribution in [2.24, 2.45) is 0 Å². The Labute approximate surface area is 91.8 Å². The van der Waals surface area contributed by atoms with Crippen LogP contribution in [0.4, 0.5) is 0 Å². The Balaban J connectivity index is 2.22. The molecule has 0 saturated heterocycles. The number of nitrogens with zero attached hydrogens (tertiary/aromatic N) is 1. The monoisotopic (exact) mass is 227 g/mol. The summed E-state index contributed by atoms with van der Waals surface area (Å²) in [6.07, 6.45) is 4.63. The Morgan fingerprint density at radius 2 is 2.33 bits per heavy atom. The number of rotatable bonds is 3. The minimum Gasteiger partial charge on any atom is -0.478 e. The maximum atomic E-state index is 10.8. The number of aromatic nitrogens is 1. The van der Waals surface area contributed by atoms with Crippen LogP contribution in [0.1, 0.15) is 29.6 Å². The zero-order valence-electron chi connectivity index (χ0n) is 7.94. The summed E-state index contributed by atoms with van der Waals surface area (Å²) in [5, 5.41) is 8.91. The second-order valence-corrected chi connectivity index (χ2v) is 3.83. The minimum absolute atomic E-state index is 0.0287. The first-order valence-electron chi connectivity index (χ1n) is 4.73. The van der Waals surface area contributed by atoms with Crippen LogP contribution >= 0.6 is 11.6 Å². The fourth-order valence-corrected chi connectivity index (χ4v) is 1.56. The van der Waals surface area contributed by atoms with E-state index in [2.05, 4.69) is 4.98 Å². The van der Waals surface area contributed by atoms with E-state index in [1.807, 2.05) is 0 Å². The molecule has 1 aromatic heterocycles. The van der Waals surface area contributed by atoms with Gasteiger partial charge >= 0.3 is 5.97 Å². The molecule has 0 atom stereocenters. The first kappa shape index (κ1) is 10.2. The Morgan fingerprint density at radius 1 is 1.60 bits per heavy atom. The van der Waals surface area contributed by atoms with Gasteiger partial charge in [0.15, 0.2) is 0 Å². The molecular weight excluding hydrogens is 218 g/mol. The van der Waals surface area contributed by atoms with Gasteiger partial charge in [-0.3, -0.25) is 0 Å². The van der Waals surface area contributed by atoms with Crippen molar-refractivity contribution in [3.05, 3.63) is 22.8 Å². The highest BCUT2D eigenvalue weighted by Crippen LogP contribution is 2.30. The van der Waals surface area contributed by atoms with Crippen LogP contribution in [-0.4, -0.2) is 22.2 Å². The lowest BCUT2D eigenvalue weighted by Crippen LogP contribution is -2.25. The van der Waals surface area contributed by atoms with Gasteiger partial charge in [-0.25, -0.2) is 9.78 Å². The van der Waals surface area contributed by atoms with Crippen molar-refractivity contribution in [3.8, 4) is 5.88 Å². The molecular formula is C10H10ClNO3. The van der Waals surface area contributed by atoms with Crippen LogP contribution in [0.25, 0.3) is 0 Å². The Kier molecular flexibility index (Phi) is 2.77. The van der Waals surface area contributed by atoms with Crippen LogP contribution in [0, 0.1) is 0 Å². The lowest BCUT2D eigenvalue weighted by Gasteiger charge is -2.26. The number of halogens is 1. The van der Waals surface area contributed by atoms with Crippen LogP contribution in [0.2, 0.25) is 5.02 Å². The van der Waals surface area contributed by atoms with Gasteiger partial charge in [0.25, 0.3) is 0 Å². The van der Waals surface area contributed by atoms with Crippen LogP contribution in [0.3, 0.4) is 0 Å². The first-order chi connectivity index (χ1) is 7.18. The van der Waals surface area contributed by atoms with E-state index in [9.17, 15) is 4.79 Å². The lowest BCUT2D eigenvalue weighted by atomic mass is 9.96. The van der Waals surface area contributed by atoms with Gasteiger partial charge in [0.05, 0.1) is 5.56 Å². The largest absolute Gasteiger partial charge is 0.478 e. The van der Waals surface area contributed by atoms with E-state index in [1.54, 1.807) is 0 Å². The van der Waals surface area contributed by atoms with E-state index < -0.39 is 5.97 Å². The SMILES string of the molecule is O=C(O)c1ccnc(OC2CCC2)c1Cl. The standard InChI is InChI=1S/C10H10ClNO3/c11-8-7(10(13)14)4-5-12-9(8)15-6-2-1-3-6/h4-6H,1-3H2,(H,13,14). The molecule has 1 aliphatic carbocycles. The van der Waals surface area contributed by atoms with Gasteiger partial charge in [-0.2, -0.15) is 0 Å². The summed E-state index contributed by atoms with van der Waals surface area (Å²) in [5.74, 6) is -0.845. The number of aromatic carboxylic acids is 1. The fraction of sp³-hybridized carbons (Fsp3) is 0.400. The molecule has 0 aliphatic heterocycles. The smallest absolute Gasteiger partial charge is 0.337 e. The number of carboxylic acid groups (broad SMARTS) is 1. The number of pyridine rings is 1. The molecule has 80 valence electrons. The molecule has 15 heavy (non-hydrogen) atoms. The molecule has 1 aliphatic rings. The number of hydrogen-bond donors (Lipinski definition) is 1. The molecule has 5 heteroatoms. The van der Waals surface area contributed by atoms with Crippen molar-refractivity contribution in [3.63, 3.8) is 0 Å². The van der Waals surface area contributed by atoms with Crippen molar-refractivity contribution in [2.75, 3.05) is 0 Å². The van der Waals surface area contributed by atoms with Gasteiger partial charge in [0.2, 0.25) is 5.88 Å². The van der Waals surface area contributed by atoms with Gasteiger partial charge in [0.1, 0.15) is 11.1 Å². The van der Waals surface area contributed by atoms with E-state index in [4.69, 9.17) is 21.4 Å². The zero-order valence-corrected chi connectivity index (χ0v) is 8.70. The van der Waals surface area contributed by atoms with Crippen LogP contribution < -0.4 is 4.74 Å². The molecule has 1 fully saturated rings. The van der Waals surface area contributed by atoms with Crippen molar-refractivity contribution in [2.45, 2.75) is 25.4 Å². The maximum Gasteiger partial charge on any atom is 0.337 e. The number of hydrogen-bond acceptors (Lipinski definition) is 3. The highest BCUT2D eigenvalue weighted by Gasteiger charge is 2.22. The number of carbonyl (C=O) groups is 1. The molecule has 0 bridgehead atoms. The molecule has 4 nitrogen and oxygen atoms in total. The third-order valence-electron chi connectivity index (χ3n) is 2.42. The molecule has 1 saturated carbocycles. The normalized spacial score (nSPS) is 15.8. The predicted molar refractivity (Wildman–Crippen MR) is 54.5 cm³/mol. The molecule has 0 radical (unpaired) electrons. The summed E-state index contributed by atoms with van der Waals surface area (Å²) in [6.45, 7) is 0. The second kappa shape index (κ2) is 4.06. The second-order valence-electron chi connectivity index (χ2n) is 3.45. The maximum absolute atomic E-state index is 10.8. The minimum atomic E-state index is -1.07. The molecule has 1 aromatic rings. The number of carboxylic acids is 1. The van der Waals surface area contributed by atoms with Crippen LogP contribution in [0.15, 0.2) is 12.3 Å². The molecule has 0 unspecified atom stereocenters. The topological polar surface area (TPSA) is 59.4 Å². The van der Waals surface area contributed by atoms with E-state index in [1.165, 1.54) is 12.3 Å². The molecule has 0 aromatic carbocycles. The summed E-state index contributed by atoms with van der Waals surface area (Å²) >= 11 is 5.86. The Bertz CT molecular complexity index is 390. The van der Waals surface area contributed by atoms with Gasteiger partial charge in [0, 0.05) is 6.20 Å². The van der Waals surface area contributed by atoms with E-state index in [0.29, 0.717) is 0 Å². The lowest BCUT2D eigenvalue weighted by molar-refractivity contribution is 0.0694. The van der Waals surface area contributed by atoms with Gasteiger partial charge < -0.3 is 9.84 Å². The average molecular weight is 228 g/mol. The summed E-state index contributed by atoms with van der Waals surface area (Å²) in [6, 6.07) is 1.36. The van der Waals surface area contributed by atoms with Crippen molar-refractivity contribution in [1.29, 1.82) is 0 Å². The summed E-state index contributed by atoms with van der Waals surface area (Å²) < 4.78 is 5.47. The Hall–Kier alpha value is -1.29. The Morgan fingerprint density at radius 3 is 2.87 bits per heavy atom.